The first-order valence-corrected chi connectivity index (χ1v) is 5.15. The Balaban J connectivity index is 3.38. The Morgan fingerprint density at radius 2 is 2.17 bits per heavy atom. The molecule has 12 heavy (non-hydrogen) atoms. The summed E-state index contributed by atoms with van der Waals surface area (Å²) < 4.78 is 5.47. The molecule has 0 N–H and O–H groups in total. The molecule has 0 aliphatic heterocycles. The zero-order valence-electron chi connectivity index (χ0n) is 8.12. The predicted molar refractivity (Wildman–Crippen MR) is 57.8 cm³/mol. The molecule has 0 rings (SSSR count). The van der Waals surface area contributed by atoms with Gasteiger partial charge in [0.2, 0.25) is 0 Å². The summed E-state index contributed by atoms with van der Waals surface area (Å²) in [7, 11) is 0. The van der Waals surface area contributed by atoms with Gasteiger partial charge in [0, 0.05) is 0 Å². The second-order valence-electron chi connectivity index (χ2n) is 3.34. The van der Waals surface area contributed by atoms with E-state index in [1.165, 1.54) is 0 Å². The minimum Gasteiger partial charge on any atom is -0.381 e. The standard InChI is InChI=1S/C10H20OS/c1-4-5-6-11-7-10(8-12)9(2)3/h4,9-10,12H,1,5-8H2,2-3H3. The van der Waals surface area contributed by atoms with Crippen molar-refractivity contribution in [2.45, 2.75) is 20.3 Å². The van der Waals surface area contributed by atoms with Gasteiger partial charge in [0.1, 0.15) is 0 Å². The van der Waals surface area contributed by atoms with Crippen molar-refractivity contribution in [3.05, 3.63) is 12.7 Å². The van der Waals surface area contributed by atoms with Crippen molar-refractivity contribution in [1.82, 2.24) is 0 Å². The first-order valence-electron chi connectivity index (χ1n) is 4.51. The molecule has 0 heterocycles. The van der Waals surface area contributed by atoms with Crippen LogP contribution in [0.3, 0.4) is 0 Å². The van der Waals surface area contributed by atoms with E-state index in [4.69, 9.17) is 4.74 Å². The van der Waals surface area contributed by atoms with Crippen molar-refractivity contribution in [2.75, 3.05) is 19.0 Å². The quantitative estimate of drug-likeness (QED) is 0.367. The van der Waals surface area contributed by atoms with E-state index in [1.807, 2.05) is 6.08 Å². The van der Waals surface area contributed by atoms with Gasteiger partial charge in [0.05, 0.1) is 13.2 Å². The maximum atomic E-state index is 5.47. The Morgan fingerprint density at radius 3 is 2.58 bits per heavy atom. The smallest absolute Gasteiger partial charge is 0.0504 e. The van der Waals surface area contributed by atoms with Crippen LogP contribution in [0.25, 0.3) is 0 Å². The van der Waals surface area contributed by atoms with E-state index in [-0.39, 0.29) is 0 Å². The third-order valence-electron chi connectivity index (χ3n) is 1.98. The highest BCUT2D eigenvalue weighted by Gasteiger charge is 2.10. The van der Waals surface area contributed by atoms with E-state index in [2.05, 4.69) is 33.1 Å². The molecule has 1 nitrogen and oxygen atoms in total. The van der Waals surface area contributed by atoms with Gasteiger partial charge in [-0.15, -0.1) is 6.58 Å². The second-order valence-corrected chi connectivity index (χ2v) is 3.70. The van der Waals surface area contributed by atoms with Crippen LogP contribution in [0.15, 0.2) is 12.7 Å². The fraction of sp³-hybridized carbons (Fsp3) is 0.800. The fourth-order valence-corrected chi connectivity index (χ4v) is 1.38. The minimum atomic E-state index is 0.582. The van der Waals surface area contributed by atoms with Crippen molar-refractivity contribution >= 4 is 12.6 Å². The van der Waals surface area contributed by atoms with Gasteiger partial charge in [-0.1, -0.05) is 19.9 Å². The molecular formula is C10H20OS. The van der Waals surface area contributed by atoms with Crippen molar-refractivity contribution < 1.29 is 4.74 Å². The summed E-state index contributed by atoms with van der Waals surface area (Å²) >= 11 is 4.28. The van der Waals surface area contributed by atoms with Gasteiger partial charge in [0.25, 0.3) is 0 Å². The molecule has 0 aromatic heterocycles. The molecular weight excluding hydrogens is 168 g/mol. The van der Waals surface area contributed by atoms with Crippen molar-refractivity contribution in [3.8, 4) is 0 Å². The lowest BCUT2D eigenvalue weighted by atomic mass is 9.99. The Morgan fingerprint density at radius 1 is 1.50 bits per heavy atom. The summed E-state index contributed by atoms with van der Waals surface area (Å²) in [5.74, 6) is 2.15. The van der Waals surface area contributed by atoms with Crippen LogP contribution >= 0.6 is 12.6 Å². The fourth-order valence-electron chi connectivity index (χ4n) is 0.857. The van der Waals surface area contributed by atoms with Crippen molar-refractivity contribution in [2.24, 2.45) is 11.8 Å². The molecule has 2 heteroatoms. The molecule has 0 aromatic rings. The molecule has 0 amide bonds. The van der Waals surface area contributed by atoms with Gasteiger partial charge in [-0.3, -0.25) is 0 Å². The summed E-state index contributed by atoms with van der Waals surface area (Å²) in [4.78, 5) is 0. The van der Waals surface area contributed by atoms with Crippen LogP contribution in [-0.2, 0) is 4.74 Å². The van der Waals surface area contributed by atoms with E-state index in [1.54, 1.807) is 0 Å². The SMILES string of the molecule is C=CCCOCC(CS)C(C)C. The van der Waals surface area contributed by atoms with E-state index >= 15 is 0 Å². The van der Waals surface area contributed by atoms with Gasteiger partial charge in [-0.05, 0) is 24.0 Å². The predicted octanol–water partition coefficient (Wildman–Crippen LogP) is 2.78. The normalized spacial score (nSPS) is 13.3. The maximum absolute atomic E-state index is 5.47. The first kappa shape index (κ1) is 12.0. The van der Waals surface area contributed by atoms with Crippen LogP contribution in [0.4, 0.5) is 0 Å². The summed E-state index contributed by atoms with van der Waals surface area (Å²) in [6.45, 7) is 9.67. The first-order chi connectivity index (χ1) is 5.72. The third kappa shape index (κ3) is 5.67. The van der Waals surface area contributed by atoms with Gasteiger partial charge in [-0.25, -0.2) is 0 Å². The lowest BCUT2D eigenvalue weighted by Gasteiger charge is -2.17. The Hall–Kier alpha value is 0.0500. The summed E-state index contributed by atoms with van der Waals surface area (Å²) in [5.41, 5.74) is 0. The molecule has 0 bridgehead atoms. The van der Waals surface area contributed by atoms with E-state index in [0.29, 0.717) is 11.8 Å². The average molecular weight is 188 g/mol. The lowest BCUT2D eigenvalue weighted by molar-refractivity contribution is 0.0951. The Kier molecular flexibility index (Phi) is 7.72. The van der Waals surface area contributed by atoms with Gasteiger partial charge >= 0.3 is 0 Å². The van der Waals surface area contributed by atoms with Crippen LogP contribution in [0.5, 0.6) is 0 Å². The molecule has 0 aliphatic rings. The summed E-state index contributed by atoms with van der Waals surface area (Å²) in [6.07, 6.45) is 2.82. The number of rotatable bonds is 7. The molecule has 72 valence electrons. The third-order valence-corrected chi connectivity index (χ3v) is 2.44. The molecule has 0 saturated carbocycles. The van der Waals surface area contributed by atoms with E-state index < -0.39 is 0 Å². The molecule has 0 saturated heterocycles. The topological polar surface area (TPSA) is 9.23 Å². The van der Waals surface area contributed by atoms with Crippen LogP contribution < -0.4 is 0 Å². The number of hydrogen-bond acceptors (Lipinski definition) is 2. The molecule has 0 aliphatic carbocycles. The number of hydrogen-bond donors (Lipinski definition) is 1. The van der Waals surface area contributed by atoms with Crippen LogP contribution in [0.2, 0.25) is 0 Å². The molecule has 1 atom stereocenters. The highest BCUT2D eigenvalue weighted by molar-refractivity contribution is 7.80. The minimum absolute atomic E-state index is 0.582. The zero-order chi connectivity index (χ0) is 9.40. The number of thiol groups is 1. The molecule has 0 spiro atoms. The summed E-state index contributed by atoms with van der Waals surface area (Å²) in [5, 5.41) is 0. The molecule has 0 radical (unpaired) electrons. The number of ether oxygens (including phenoxy) is 1. The van der Waals surface area contributed by atoms with Gasteiger partial charge in [-0.2, -0.15) is 12.6 Å². The Labute approximate surface area is 81.6 Å². The van der Waals surface area contributed by atoms with Gasteiger partial charge < -0.3 is 4.74 Å². The maximum Gasteiger partial charge on any atom is 0.0504 e. The van der Waals surface area contributed by atoms with Crippen LogP contribution in [-0.4, -0.2) is 19.0 Å². The average Bonchev–Trinajstić information content (AvgIpc) is 2.04. The Bertz CT molecular complexity index is 112. The van der Waals surface area contributed by atoms with Crippen molar-refractivity contribution in [1.29, 1.82) is 0 Å². The lowest BCUT2D eigenvalue weighted by Crippen LogP contribution is -2.17. The van der Waals surface area contributed by atoms with E-state index in [0.717, 1.165) is 25.4 Å². The monoisotopic (exact) mass is 188 g/mol. The van der Waals surface area contributed by atoms with Crippen LogP contribution in [0, 0.1) is 11.8 Å². The van der Waals surface area contributed by atoms with E-state index in [9.17, 15) is 0 Å². The highest BCUT2D eigenvalue weighted by Crippen LogP contribution is 2.12. The molecule has 0 fully saturated rings. The van der Waals surface area contributed by atoms with Gasteiger partial charge in [0.15, 0.2) is 0 Å². The molecule has 0 aromatic carbocycles. The molecule has 1 unspecified atom stereocenters. The largest absolute Gasteiger partial charge is 0.381 e. The zero-order valence-corrected chi connectivity index (χ0v) is 9.02. The highest BCUT2D eigenvalue weighted by atomic mass is 32.1. The van der Waals surface area contributed by atoms with Crippen molar-refractivity contribution in [3.63, 3.8) is 0 Å². The second kappa shape index (κ2) is 7.69. The van der Waals surface area contributed by atoms with Crippen LogP contribution in [0.1, 0.15) is 20.3 Å². The summed E-state index contributed by atoms with van der Waals surface area (Å²) in [6, 6.07) is 0.